The summed E-state index contributed by atoms with van der Waals surface area (Å²) in [4.78, 5) is 17.2. The molecule has 5 aromatic rings. The van der Waals surface area contributed by atoms with E-state index in [1.807, 2.05) is 56.3 Å². The minimum atomic E-state index is -3.84. The number of rotatable bonds is 11. The molecule has 3 atom stereocenters. The summed E-state index contributed by atoms with van der Waals surface area (Å²) in [6, 6.07) is 24.8. The van der Waals surface area contributed by atoms with Crippen molar-refractivity contribution in [1.29, 1.82) is 0 Å². The van der Waals surface area contributed by atoms with Gasteiger partial charge in [-0.25, -0.2) is 22.5 Å². The molecule has 13 nitrogen and oxygen atoms in total. The molecule has 0 bridgehead atoms. The molecule has 0 N–H and O–H groups in total. The number of sulfone groups is 1. The van der Waals surface area contributed by atoms with Crippen molar-refractivity contribution in [2.75, 3.05) is 49.2 Å². The molecule has 2 saturated heterocycles. The normalized spacial score (nSPS) is 21.1. The predicted octanol–water partition coefficient (Wildman–Crippen LogP) is 3.67. The molecule has 0 amide bonds. The first kappa shape index (κ1) is 32.6. The van der Waals surface area contributed by atoms with Gasteiger partial charge in [0.05, 0.1) is 30.7 Å². The Kier molecular flexibility index (Phi) is 8.99. The minimum absolute atomic E-state index is 0.00502. The third-order valence-corrected chi connectivity index (χ3v) is 12.1. The molecular weight excluding hydrogens is 645 g/mol. The lowest BCUT2D eigenvalue weighted by atomic mass is 10.1. The second-order valence-corrected chi connectivity index (χ2v) is 14.9. The fraction of sp³-hybridized carbons (Fsp3) is 0.371. The van der Waals surface area contributed by atoms with E-state index in [0.717, 1.165) is 49.7 Å². The average molecular weight is 685 g/mol. The molecule has 49 heavy (non-hydrogen) atoms. The number of anilines is 2. The van der Waals surface area contributed by atoms with E-state index in [2.05, 4.69) is 37.2 Å². The second kappa shape index (κ2) is 13.5. The van der Waals surface area contributed by atoms with E-state index in [-0.39, 0.29) is 31.5 Å². The number of hydrogen-bond acceptors (Lipinski definition) is 10. The van der Waals surface area contributed by atoms with Gasteiger partial charge in [0.2, 0.25) is 4.93 Å². The Morgan fingerprint density at radius 1 is 0.857 bits per heavy atom. The van der Waals surface area contributed by atoms with Crippen LogP contribution in [0.3, 0.4) is 0 Å². The van der Waals surface area contributed by atoms with Crippen LogP contribution in [-0.4, -0.2) is 82.4 Å². The molecule has 256 valence electrons. The van der Waals surface area contributed by atoms with Crippen molar-refractivity contribution >= 4 is 21.2 Å². The zero-order valence-electron chi connectivity index (χ0n) is 27.6. The third kappa shape index (κ3) is 6.21. The van der Waals surface area contributed by atoms with Gasteiger partial charge in [0.1, 0.15) is 30.5 Å². The summed E-state index contributed by atoms with van der Waals surface area (Å²) in [7, 11) is -3.84. The number of piperazine rings is 1. The van der Waals surface area contributed by atoms with Gasteiger partial charge in [0.15, 0.2) is 9.84 Å². The van der Waals surface area contributed by atoms with Crippen molar-refractivity contribution in [2.45, 2.75) is 43.0 Å². The first-order chi connectivity index (χ1) is 23.8. The number of ether oxygens (including phenoxy) is 2. The molecule has 2 aliphatic rings. The summed E-state index contributed by atoms with van der Waals surface area (Å²) in [6.07, 6.45) is 5.45. The van der Waals surface area contributed by atoms with Crippen LogP contribution in [0, 0.1) is 0 Å². The molecule has 2 aromatic heterocycles. The van der Waals surface area contributed by atoms with Gasteiger partial charge in [0.25, 0.3) is 0 Å². The second-order valence-electron chi connectivity index (χ2n) is 12.4. The van der Waals surface area contributed by atoms with Crippen LogP contribution >= 0.6 is 0 Å². The molecule has 0 aliphatic carbocycles. The van der Waals surface area contributed by atoms with Gasteiger partial charge < -0.3 is 19.3 Å². The fourth-order valence-corrected chi connectivity index (χ4v) is 8.47. The Labute approximate surface area is 285 Å². The van der Waals surface area contributed by atoms with Gasteiger partial charge in [-0.2, -0.15) is 20.1 Å². The number of hydrogen-bond donors (Lipinski definition) is 0. The fourth-order valence-electron chi connectivity index (χ4n) is 6.44. The maximum absolute atomic E-state index is 14.0. The summed E-state index contributed by atoms with van der Waals surface area (Å²) in [5.74, 6) is 0.595. The van der Waals surface area contributed by atoms with Crippen LogP contribution < -0.4 is 20.2 Å². The molecule has 2 fully saturated rings. The van der Waals surface area contributed by atoms with Crippen LogP contribution in [0.4, 0.5) is 11.4 Å². The molecule has 3 aromatic carbocycles. The van der Waals surface area contributed by atoms with E-state index in [1.165, 1.54) is 21.9 Å². The average Bonchev–Trinajstić information content (AvgIpc) is 3.86. The van der Waals surface area contributed by atoms with Crippen molar-refractivity contribution in [1.82, 2.24) is 29.3 Å². The highest BCUT2D eigenvalue weighted by Gasteiger charge is 2.57. The molecular formula is C35H40N8O5S. The van der Waals surface area contributed by atoms with Gasteiger partial charge in [-0.05, 0) is 61.9 Å². The van der Waals surface area contributed by atoms with E-state index >= 15 is 0 Å². The molecule has 0 radical (unpaired) electrons. The summed E-state index contributed by atoms with van der Waals surface area (Å²) in [5.41, 5.74) is 3.39. The van der Waals surface area contributed by atoms with Gasteiger partial charge in [-0.1, -0.05) is 37.3 Å². The Balaban J connectivity index is 0.948. The summed E-state index contributed by atoms with van der Waals surface area (Å²) >= 11 is 0. The third-order valence-electron chi connectivity index (χ3n) is 9.54. The van der Waals surface area contributed by atoms with E-state index in [9.17, 15) is 13.2 Å². The molecule has 1 unspecified atom stereocenters. The highest BCUT2D eigenvalue weighted by atomic mass is 32.2. The molecule has 0 spiro atoms. The summed E-state index contributed by atoms with van der Waals surface area (Å²) in [6.45, 7) is 7.32. The lowest BCUT2D eigenvalue weighted by molar-refractivity contribution is 0.0180. The largest absolute Gasteiger partial charge is 0.492 e. The Morgan fingerprint density at radius 2 is 1.45 bits per heavy atom. The van der Waals surface area contributed by atoms with Crippen molar-refractivity contribution in [3.05, 3.63) is 114 Å². The first-order valence-corrected chi connectivity index (χ1v) is 18.1. The van der Waals surface area contributed by atoms with Crippen molar-refractivity contribution in [3.63, 3.8) is 0 Å². The number of benzene rings is 3. The highest BCUT2D eigenvalue weighted by Crippen LogP contribution is 2.42. The van der Waals surface area contributed by atoms with Gasteiger partial charge >= 0.3 is 5.69 Å². The maximum atomic E-state index is 14.0. The molecule has 2 aliphatic heterocycles. The van der Waals surface area contributed by atoms with Crippen molar-refractivity contribution in [2.24, 2.45) is 0 Å². The maximum Gasteiger partial charge on any atom is 0.350 e. The Morgan fingerprint density at radius 3 is 2.06 bits per heavy atom. The highest BCUT2D eigenvalue weighted by molar-refractivity contribution is 7.93. The van der Waals surface area contributed by atoms with Gasteiger partial charge in [0, 0.05) is 43.1 Å². The summed E-state index contributed by atoms with van der Waals surface area (Å²) in [5, 5.41) is 11.7. The monoisotopic (exact) mass is 684 g/mol. The van der Waals surface area contributed by atoms with Crippen LogP contribution in [0.5, 0.6) is 5.75 Å². The number of aromatic nitrogens is 6. The Bertz CT molecular complexity index is 2010. The molecule has 7 rings (SSSR count). The van der Waals surface area contributed by atoms with Crippen LogP contribution in [0.25, 0.3) is 5.69 Å². The van der Waals surface area contributed by atoms with Crippen molar-refractivity contribution in [3.8, 4) is 11.4 Å². The smallest absolute Gasteiger partial charge is 0.350 e. The first-order valence-electron chi connectivity index (χ1n) is 16.6. The lowest BCUT2D eigenvalue weighted by Gasteiger charge is -2.37. The van der Waals surface area contributed by atoms with E-state index in [0.29, 0.717) is 11.3 Å². The Hall–Kier alpha value is -4.95. The van der Waals surface area contributed by atoms with Crippen LogP contribution in [-0.2, 0) is 26.1 Å². The number of nitrogens with zero attached hydrogens (tertiary/aromatic N) is 8. The summed E-state index contributed by atoms with van der Waals surface area (Å²) < 4.78 is 43.2. The van der Waals surface area contributed by atoms with E-state index in [4.69, 9.17) is 9.47 Å². The lowest BCUT2D eigenvalue weighted by Crippen LogP contribution is -2.46. The van der Waals surface area contributed by atoms with Crippen molar-refractivity contribution < 1.29 is 17.9 Å². The molecule has 4 heterocycles. The molecule has 0 saturated carbocycles. The predicted molar refractivity (Wildman–Crippen MR) is 186 cm³/mol. The van der Waals surface area contributed by atoms with E-state index in [1.54, 1.807) is 35.2 Å². The minimum Gasteiger partial charge on any atom is -0.492 e. The van der Waals surface area contributed by atoms with Gasteiger partial charge in [-0.3, -0.25) is 0 Å². The van der Waals surface area contributed by atoms with Crippen LogP contribution in [0.1, 0.15) is 31.9 Å². The SMILES string of the molecule is CCC(C)n1ncn(-c2ccc(N3CCN(c4ccc(OC[C@H]5CO[C@](Cn6nccn6)(c6ccccc6)S5(=O)=O)cc4)CC3)cc2)c1=O. The standard InChI is InChI=1S/C35H40N8O5S/c1-3-27(2)43-34(44)41(26-38-43)31-11-9-29(10-12-31)39-19-21-40(22-20-39)30-13-15-32(16-14-30)47-23-33-24-48-35(49(33,45)46,25-42-36-17-18-37-42)28-7-5-4-6-8-28/h4-18,26-27,33H,3,19-25H2,1-2H3/t27?,33-,35-/m0/s1. The van der Waals surface area contributed by atoms with E-state index < -0.39 is 20.0 Å². The zero-order chi connectivity index (χ0) is 34.0. The molecule has 14 heteroatoms. The van der Waals surface area contributed by atoms with Crippen LogP contribution in [0.2, 0.25) is 0 Å². The van der Waals surface area contributed by atoms with Gasteiger partial charge in [-0.15, -0.1) is 0 Å². The van der Waals surface area contributed by atoms with Crippen LogP contribution in [0.15, 0.2) is 102 Å². The topological polar surface area (TPSA) is 130 Å². The zero-order valence-corrected chi connectivity index (χ0v) is 28.4. The quantitative estimate of drug-likeness (QED) is 0.203.